The number of H-pyrrole nitrogens is 1. The monoisotopic (exact) mass is 298 g/mol. The van der Waals surface area contributed by atoms with E-state index in [1.54, 1.807) is 0 Å². The van der Waals surface area contributed by atoms with Crippen LogP contribution < -0.4 is 10.9 Å². The zero-order chi connectivity index (χ0) is 12.3. The van der Waals surface area contributed by atoms with E-state index in [-0.39, 0.29) is 11.5 Å². The van der Waals surface area contributed by atoms with E-state index in [9.17, 15) is 9.59 Å². The van der Waals surface area contributed by atoms with Crippen LogP contribution in [0.4, 0.5) is 0 Å². The van der Waals surface area contributed by atoms with Crippen LogP contribution >= 0.6 is 15.9 Å². The molecule has 17 heavy (non-hydrogen) atoms. The van der Waals surface area contributed by atoms with Crippen molar-refractivity contribution < 1.29 is 4.79 Å². The van der Waals surface area contributed by atoms with Crippen LogP contribution in [0.2, 0.25) is 0 Å². The molecule has 92 valence electrons. The lowest BCUT2D eigenvalue weighted by Gasteiger charge is -2.14. The fraction of sp³-hybridized carbons (Fsp3) is 0.500. The van der Waals surface area contributed by atoms with Crippen LogP contribution in [-0.2, 0) is 0 Å². The van der Waals surface area contributed by atoms with Crippen molar-refractivity contribution in [2.45, 2.75) is 19.3 Å². The van der Waals surface area contributed by atoms with Gasteiger partial charge in [0, 0.05) is 24.1 Å². The summed E-state index contributed by atoms with van der Waals surface area (Å²) in [5, 5.41) is 3.90. The average Bonchev–Trinajstić information content (AvgIpc) is 3.08. The highest BCUT2D eigenvalue weighted by Crippen LogP contribution is 2.48. The van der Waals surface area contributed by atoms with E-state index in [0.29, 0.717) is 11.0 Å². The van der Waals surface area contributed by atoms with Gasteiger partial charge in [0.1, 0.15) is 0 Å². The Bertz CT molecular complexity index is 445. The number of pyridine rings is 1. The van der Waals surface area contributed by atoms with E-state index < -0.39 is 0 Å². The second-order valence-electron chi connectivity index (χ2n) is 4.56. The molecule has 0 aliphatic heterocycles. The summed E-state index contributed by atoms with van der Waals surface area (Å²) in [6.45, 7) is 0.719. The van der Waals surface area contributed by atoms with E-state index in [1.807, 2.05) is 0 Å². The lowest BCUT2D eigenvalue weighted by atomic mass is 10.0. The van der Waals surface area contributed by atoms with Gasteiger partial charge in [-0.25, -0.2) is 0 Å². The number of halogens is 1. The Morgan fingerprint density at radius 3 is 2.76 bits per heavy atom. The molecule has 5 heteroatoms. The predicted octanol–water partition coefficient (Wildman–Crippen LogP) is 1.67. The van der Waals surface area contributed by atoms with Gasteiger partial charge in [0.2, 0.25) is 5.56 Å². The van der Waals surface area contributed by atoms with Crippen LogP contribution in [0, 0.1) is 5.41 Å². The zero-order valence-corrected chi connectivity index (χ0v) is 11.0. The Hall–Kier alpha value is -1.10. The van der Waals surface area contributed by atoms with Gasteiger partial charge in [-0.05, 0) is 30.7 Å². The fourth-order valence-electron chi connectivity index (χ4n) is 1.81. The lowest BCUT2D eigenvalue weighted by Crippen LogP contribution is -2.30. The smallest absolute Gasteiger partial charge is 0.252 e. The molecule has 1 aromatic rings. The standard InChI is InChI=1S/C12H15BrN2O2/c13-6-5-12(3-4-12)8-15-11(17)9-1-2-10(16)14-7-9/h1-2,7H,3-6,8H2,(H,14,16)(H,15,17). The van der Waals surface area contributed by atoms with Crippen molar-refractivity contribution in [1.29, 1.82) is 0 Å². The number of aromatic nitrogens is 1. The van der Waals surface area contributed by atoms with Crippen molar-refractivity contribution in [3.8, 4) is 0 Å². The molecule has 0 saturated heterocycles. The number of nitrogens with one attached hydrogen (secondary N) is 2. The van der Waals surface area contributed by atoms with Gasteiger partial charge in [-0.3, -0.25) is 9.59 Å². The van der Waals surface area contributed by atoms with Gasteiger partial charge in [-0.1, -0.05) is 15.9 Å². The van der Waals surface area contributed by atoms with Crippen molar-refractivity contribution in [1.82, 2.24) is 10.3 Å². The quantitative estimate of drug-likeness (QED) is 0.812. The van der Waals surface area contributed by atoms with Gasteiger partial charge in [0.25, 0.3) is 5.91 Å². The third-order valence-electron chi connectivity index (χ3n) is 3.25. The van der Waals surface area contributed by atoms with Gasteiger partial charge in [0.15, 0.2) is 0 Å². The Morgan fingerprint density at radius 1 is 1.47 bits per heavy atom. The average molecular weight is 299 g/mol. The van der Waals surface area contributed by atoms with Crippen molar-refractivity contribution in [3.63, 3.8) is 0 Å². The molecule has 1 fully saturated rings. The number of rotatable bonds is 5. The van der Waals surface area contributed by atoms with Gasteiger partial charge in [0.05, 0.1) is 5.56 Å². The molecule has 0 radical (unpaired) electrons. The summed E-state index contributed by atoms with van der Waals surface area (Å²) in [5.74, 6) is -0.123. The minimum absolute atomic E-state index is 0.123. The van der Waals surface area contributed by atoms with E-state index >= 15 is 0 Å². The summed E-state index contributed by atoms with van der Waals surface area (Å²) < 4.78 is 0. The maximum absolute atomic E-state index is 11.8. The number of carbonyl (C=O) groups is 1. The minimum atomic E-state index is -0.195. The Labute approximate surface area is 108 Å². The Kier molecular flexibility index (Phi) is 3.66. The largest absolute Gasteiger partial charge is 0.351 e. The number of hydrogen-bond acceptors (Lipinski definition) is 2. The second kappa shape index (κ2) is 5.04. The van der Waals surface area contributed by atoms with E-state index in [1.165, 1.54) is 31.2 Å². The fourth-order valence-corrected chi connectivity index (χ4v) is 2.66. The number of amides is 1. The second-order valence-corrected chi connectivity index (χ2v) is 5.36. The molecule has 0 bridgehead atoms. The molecule has 1 aliphatic rings. The predicted molar refractivity (Wildman–Crippen MR) is 69.5 cm³/mol. The molecule has 1 aromatic heterocycles. The lowest BCUT2D eigenvalue weighted by molar-refractivity contribution is 0.0944. The SMILES string of the molecule is O=C(NCC1(CCBr)CC1)c1ccc(=O)[nH]c1. The van der Waals surface area contributed by atoms with Crippen molar-refractivity contribution in [2.75, 3.05) is 11.9 Å². The molecular weight excluding hydrogens is 284 g/mol. The van der Waals surface area contributed by atoms with Crippen LogP contribution in [0.25, 0.3) is 0 Å². The molecule has 4 nitrogen and oxygen atoms in total. The third-order valence-corrected chi connectivity index (χ3v) is 3.65. The minimum Gasteiger partial charge on any atom is -0.351 e. The molecule has 0 atom stereocenters. The molecule has 0 unspecified atom stereocenters. The zero-order valence-electron chi connectivity index (χ0n) is 9.46. The Balaban J connectivity index is 1.89. The van der Waals surface area contributed by atoms with Gasteiger partial charge >= 0.3 is 0 Å². The Morgan fingerprint density at radius 2 is 2.24 bits per heavy atom. The summed E-state index contributed by atoms with van der Waals surface area (Å²) in [7, 11) is 0. The molecule has 1 aliphatic carbocycles. The number of carbonyl (C=O) groups excluding carboxylic acids is 1. The summed E-state index contributed by atoms with van der Waals surface area (Å²) in [6, 6.07) is 2.90. The first-order valence-electron chi connectivity index (χ1n) is 5.68. The summed E-state index contributed by atoms with van der Waals surface area (Å²) in [6.07, 6.45) is 4.91. The van der Waals surface area contributed by atoms with E-state index in [4.69, 9.17) is 0 Å². The maximum Gasteiger partial charge on any atom is 0.252 e. The van der Waals surface area contributed by atoms with Crippen LogP contribution in [0.1, 0.15) is 29.6 Å². The van der Waals surface area contributed by atoms with Crippen molar-refractivity contribution >= 4 is 21.8 Å². The third kappa shape index (κ3) is 3.19. The van der Waals surface area contributed by atoms with Crippen LogP contribution in [0.5, 0.6) is 0 Å². The highest BCUT2D eigenvalue weighted by atomic mass is 79.9. The number of alkyl halides is 1. The molecule has 1 amide bonds. The van der Waals surface area contributed by atoms with Gasteiger partial charge in [-0.2, -0.15) is 0 Å². The molecule has 0 spiro atoms. The van der Waals surface area contributed by atoms with Crippen molar-refractivity contribution in [2.24, 2.45) is 5.41 Å². The molecule has 2 rings (SSSR count). The molecule has 2 N–H and O–H groups in total. The first-order chi connectivity index (χ1) is 8.15. The molecule has 1 heterocycles. The van der Waals surface area contributed by atoms with Gasteiger partial charge in [-0.15, -0.1) is 0 Å². The van der Waals surface area contributed by atoms with E-state index in [2.05, 4.69) is 26.2 Å². The molecule has 0 aromatic carbocycles. The topological polar surface area (TPSA) is 62.0 Å². The molecule has 1 saturated carbocycles. The number of hydrogen-bond donors (Lipinski definition) is 2. The van der Waals surface area contributed by atoms with Crippen LogP contribution in [-0.4, -0.2) is 22.8 Å². The van der Waals surface area contributed by atoms with Crippen LogP contribution in [0.15, 0.2) is 23.1 Å². The van der Waals surface area contributed by atoms with Crippen LogP contribution in [0.3, 0.4) is 0 Å². The normalized spacial score (nSPS) is 16.5. The van der Waals surface area contributed by atoms with E-state index in [0.717, 1.165) is 18.3 Å². The highest BCUT2D eigenvalue weighted by molar-refractivity contribution is 9.09. The van der Waals surface area contributed by atoms with Crippen molar-refractivity contribution in [3.05, 3.63) is 34.2 Å². The summed E-state index contributed by atoms with van der Waals surface area (Å²) >= 11 is 3.43. The van der Waals surface area contributed by atoms with Gasteiger partial charge < -0.3 is 10.3 Å². The first-order valence-corrected chi connectivity index (χ1v) is 6.80. The maximum atomic E-state index is 11.8. The molecular formula is C12H15BrN2O2. The highest BCUT2D eigenvalue weighted by Gasteiger charge is 2.41. The number of aromatic amines is 1. The summed E-state index contributed by atoms with van der Waals surface area (Å²) in [4.78, 5) is 25.1. The summed E-state index contributed by atoms with van der Waals surface area (Å²) in [5.41, 5.74) is 0.611. The first kappa shape index (κ1) is 12.4.